The Balaban J connectivity index is 2.39. The van der Waals surface area contributed by atoms with Crippen LogP contribution in [0.3, 0.4) is 0 Å². The number of nitrogens with zero attached hydrogens (tertiary/aromatic N) is 1. The van der Waals surface area contributed by atoms with Gasteiger partial charge in [0.15, 0.2) is 11.5 Å². The van der Waals surface area contributed by atoms with Gasteiger partial charge in [0.25, 0.3) is 0 Å². The van der Waals surface area contributed by atoms with E-state index in [1.807, 2.05) is 12.1 Å². The molecule has 1 N–H and O–H groups in total. The summed E-state index contributed by atoms with van der Waals surface area (Å²) in [5.41, 5.74) is 0.865. The summed E-state index contributed by atoms with van der Waals surface area (Å²) in [6.45, 7) is 2.99. The van der Waals surface area contributed by atoms with E-state index in [4.69, 9.17) is 18.9 Å². The molecule has 1 heterocycles. The van der Waals surface area contributed by atoms with Gasteiger partial charge < -0.3 is 23.8 Å². The van der Waals surface area contributed by atoms with Gasteiger partial charge in [0, 0.05) is 5.56 Å². The van der Waals surface area contributed by atoms with Crippen LogP contribution in [0.5, 0.6) is 17.2 Å². The van der Waals surface area contributed by atoms with Crippen molar-refractivity contribution in [2.24, 2.45) is 0 Å². The van der Waals surface area contributed by atoms with Crippen molar-refractivity contribution >= 4 is 0 Å². The molecule has 0 aromatic heterocycles. The topological polar surface area (TPSA) is 65.2 Å². The summed E-state index contributed by atoms with van der Waals surface area (Å²) in [6, 6.07) is 5.80. The molecule has 6 nitrogen and oxygen atoms in total. The van der Waals surface area contributed by atoms with Gasteiger partial charge >= 0.3 is 0 Å². The Kier molecular flexibility index (Phi) is 5.26. The minimum absolute atomic E-state index is 0.275. The van der Waals surface area contributed by atoms with Crippen molar-refractivity contribution in [3.8, 4) is 23.3 Å². The SMILES string of the molecule is COc1cc([C@H](C#N)[NH+]2CCOCC2)cc(OC)c1OC. The second-order valence-corrected chi connectivity index (χ2v) is 4.79. The lowest BCUT2D eigenvalue weighted by atomic mass is 10.0. The molecule has 21 heavy (non-hydrogen) atoms. The van der Waals surface area contributed by atoms with Gasteiger partial charge in [-0.2, -0.15) is 5.26 Å². The van der Waals surface area contributed by atoms with Gasteiger partial charge in [0.2, 0.25) is 11.8 Å². The van der Waals surface area contributed by atoms with E-state index in [-0.39, 0.29) is 6.04 Å². The molecule has 114 valence electrons. The molecule has 0 amide bonds. The van der Waals surface area contributed by atoms with Crippen LogP contribution in [-0.4, -0.2) is 47.6 Å². The number of ether oxygens (including phenoxy) is 4. The number of benzene rings is 1. The van der Waals surface area contributed by atoms with Crippen molar-refractivity contribution in [2.75, 3.05) is 47.6 Å². The highest BCUT2D eigenvalue weighted by Gasteiger charge is 2.28. The number of hydrogen-bond acceptors (Lipinski definition) is 5. The van der Waals surface area contributed by atoms with E-state index in [0.717, 1.165) is 18.7 Å². The molecule has 1 aliphatic heterocycles. The number of nitriles is 1. The highest BCUT2D eigenvalue weighted by atomic mass is 16.5. The van der Waals surface area contributed by atoms with Gasteiger partial charge in [-0.15, -0.1) is 0 Å². The van der Waals surface area contributed by atoms with Crippen LogP contribution in [0, 0.1) is 11.3 Å². The fraction of sp³-hybridized carbons (Fsp3) is 0.533. The van der Waals surface area contributed by atoms with Gasteiger partial charge in [0.05, 0.1) is 34.5 Å². The largest absolute Gasteiger partial charge is 0.493 e. The quantitative estimate of drug-likeness (QED) is 0.840. The Hall–Kier alpha value is -1.97. The van der Waals surface area contributed by atoms with Gasteiger partial charge in [-0.05, 0) is 12.1 Å². The van der Waals surface area contributed by atoms with Crippen molar-refractivity contribution in [1.82, 2.24) is 0 Å². The van der Waals surface area contributed by atoms with Gasteiger partial charge in [-0.25, -0.2) is 0 Å². The predicted molar refractivity (Wildman–Crippen MR) is 76.0 cm³/mol. The van der Waals surface area contributed by atoms with Crippen LogP contribution in [0.4, 0.5) is 0 Å². The van der Waals surface area contributed by atoms with E-state index in [1.54, 1.807) is 21.3 Å². The monoisotopic (exact) mass is 293 g/mol. The summed E-state index contributed by atoms with van der Waals surface area (Å²) < 4.78 is 21.4. The highest BCUT2D eigenvalue weighted by Crippen LogP contribution is 2.39. The van der Waals surface area contributed by atoms with Crippen molar-refractivity contribution in [2.45, 2.75) is 6.04 Å². The first-order valence-corrected chi connectivity index (χ1v) is 6.87. The molecule has 1 saturated heterocycles. The summed E-state index contributed by atoms with van der Waals surface area (Å²) in [5, 5.41) is 9.56. The van der Waals surface area contributed by atoms with Crippen LogP contribution in [0.25, 0.3) is 0 Å². The fourth-order valence-electron chi connectivity index (χ4n) is 2.59. The zero-order valence-corrected chi connectivity index (χ0v) is 12.6. The Morgan fingerprint density at radius 3 is 2.10 bits per heavy atom. The lowest BCUT2D eigenvalue weighted by Crippen LogP contribution is -3.14. The molecule has 1 fully saturated rings. The Labute approximate surface area is 124 Å². The van der Waals surface area contributed by atoms with Gasteiger partial charge in [-0.3, -0.25) is 0 Å². The number of nitrogens with one attached hydrogen (secondary N) is 1. The summed E-state index contributed by atoms with van der Waals surface area (Å²) in [4.78, 5) is 1.19. The zero-order chi connectivity index (χ0) is 15.2. The second-order valence-electron chi connectivity index (χ2n) is 4.79. The molecule has 1 aromatic carbocycles. The molecular formula is C15H21N2O4+. The van der Waals surface area contributed by atoms with Crippen LogP contribution in [-0.2, 0) is 4.74 Å². The summed E-state index contributed by atoms with van der Waals surface area (Å²) in [6.07, 6.45) is 0. The standard InChI is InChI=1S/C15H20N2O4/c1-18-13-8-11(9-14(19-2)15(13)20-3)12(10-16)17-4-6-21-7-5-17/h8-9,12H,4-7H2,1-3H3/p+1/t12-/m0/s1. The molecule has 0 aliphatic carbocycles. The third-order valence-electron chi connectivity index (χ3n) is 3.69. The van der Waals surface area contributed by atoms with Crippen LogP contribution in [0.15, 0.2) is 12.1 Å². The van der Waals surface area contributed by atoms with E-state index in [2.05, 4.69) is 6.07 Å². The Morgan fingerprint density at radius 1 is 1.10 bits per heavy atom. The lowest BCUT2D eigenvalue weighted by Gasteiger charge is -2.28. The number of quaternary nitrogens is 1. The third-order valence-corrected chi connectivity index (χ3v) is 3.69. The first-order valence-electron chi connectivity index (χ1n) is 6.87. The molecule has 1 aliphatic rings. The normalized spacial score (nSPS) is 16.9. The average molecular weight is 293 g/mol. The summed E-state index contributed by atoms with van der Waals surface area (Å²) in [7, 11) is 4.71. The molecule has 0 saturated carbocycles. The van der Waals surface area contributed by atoms with Crippen LogP contribution >= 0.6 is 0 Å². The number of methoxy groups -OCH3 is 3. The van der Waals surface area contributed by atoms with Crippen molar-refractivity contribution < 1.29 is 23.8 Å². The lowest BCUT2D eigenvalue weighted by molar-refractivity contribution is -0.930. The van der Waals surface area contributed by atoms with Gasteiger partial charge in [0.1, 0.15) is 19.2 Å². The molecule has 0 bridgehead atoms. The maximum absolute atomic E-state index is 9.56. The minimum Gasteiger partial charge on any atom is -0.493 e. The van der Waals surface area contributed by atoms with E-state index >= 15 is 0 Å². The smallest absolute Gasteiger partial charge is 0.203 e. The highest BCUT2D eigenvalue weighted by molar-refractivity contribution is 5.54. The number of hydrogen-bond donors (Lipinski definition) is 1. The first-order chi connectivity index (χ1) is 10.2. The Bertz CT molecular complexity index is 496. The number of morpholine rings is 1. The molecule has 6 heteroatoms. The predicted octanol–water partition coefficient (Wildman–Crippen LogP) is 0.192. The molecular weight excluding hydrogens is 272 g/mol. The van der Waals surface area contributed by atoms with E-state index < -0.39 is 0 Å². The van der Waals surface area contributed by atoms with E-state index in [1.165, 1.54) is 4.90 Å². The second kappa shape index (κ2) is 7.16. The van der Waals surface area contributed by atoms with E-state index in [0.29, 0.717) is 30.5 Å². The molecule has 1 atom stereocenters. The zero-order valence-electron chi connectivity index (χ0n) is 12.6. The van der Waals surface area contributed by atoms with Crippen molar-refractivity contribution in [1.29, 1.82) is 5.26 Å². The van der Waals surface area contributed by atoms with Crippen LogP contribution in [0.2, 0.25) is 0 Å². The van der Waals surface area contributed by atoms with Crippen LogP contribution < -0.4 is 19.1 Å². The van der Waals surface area contributed by atoms with Crippen LogP contribution in [0.1, 0.15) is 11.6 Å². The summed E-state index contributed by atoms with van der Waals surface area (Å²) in [5.74, 6) is 1.68. The maximum Gasteiger partial charge on any atom is 0.203 e. The van der Waals surface area contributed by atoms with Crippen molar-refractivity contribution in [3.63, 3.8) is 0 Å². The maximum atomic E-state index is 9.56. The van der Waals surface area contributed by atoms with Crippen molar-refractivity contribution in [3.05, 3.63) is 17.7 Å². The van der Waals surface area contributed by atoms with E-state index in [9.17, 15) is 5.26 Å². The Morgan fingerprint density at radius 2 is 1.67 bits per heavy atom. The molecule has 0 spiro atoms. The third kappa shape index (κ3) is 3.20. The molecule has 0 radical (unpaired) electrons. The van der Waals surface area contributed by atoms with Gasteiger partial charge in [-0.1, -0.05) is 0 Å². The molecule has 1 aromatic rings. The molecule has 0 unspecified atom stereocenters. The average Bonchev–Trinajstić information content (AvgIpc) is 2.55. The first kappa shape index (κ1) is 15.4. The fourth-order valence-corrected chi connectivity index (χ4v) is 2.59. The number of rotatable bonds is 5. The summed E-state index contributed by atoms with van der Waals surface area (Å²) >= 11 is 0. The minimum atomic E-state index is -0.275. The molecule has 2 rings (SSSR count).